The van der Waals surface area contributed by atoms with Crippen molar-refractivity contribution in [3.8, 4) is 0 Å². The van der Waals surface area contributed by atoms with E-state index in [1.165, 1.54) is 0 Å². The minimum Gasteiger partial charge on any atom is -0.444 e. The van der Waals surface area contributed by atoms with Crippen molar-refractivity contribution in [2.45, 2.75) is 51.7 Å². The van der Waals surface area contributed by atoms with Crippen molar-refractivity contribution in [3.63, 3.8) is 0 Å². The Labute approximate surface area is 95.7 Å². The SMILES string of the molecule is CC(C)(C)OC(=O)N[C@@H]1[C@H]2CC[C@H]1C(=O)C2. The van der Waals surface area contributed by atoms with Gasteiger partial charge in [0.1, 0.15) is 11.4 Å². The van der Waals surface area contributed by atoms with Crippen molar-refractivity contribution in [3.05, 3.63) is 0 Å². The van der Waals surface area contributed by atoms with Gasteiger partial charge in [0.25, 0.3) is 0 Å². The number of rotatable bonds is 1. The van der Waals surface area contributed by atoms with Gasteiger partial charge in [-0.1, -0.05) is 0 Å². The number of carbonyl (C=O) groups excluding carboxylic acids is 2. The van der Waals surface area contributed by atoms with E-state index < -0.39 is 11.7 Å². The third-order valence-corrected chi connectivity index (χ3v) is 3.35. The molecule has 2 bridgehead atoms. The monoisotopic (exact) mass is 225 g/mol. The lowest BCUT2D eigenvalue weighted by Crippen LogP contribution is -2.42. The van der Waals surface area contributed by atoms with Crippen molar-refractivity contribution >= 4 is 11.9 Å². The molecule has 2 aliphatic carbocycles. The summed E-state index contributed by atoms with van der Waals surface area (Å²) in [6.07, 6.45) is 2.20. The number of amides is 1. The number of carbonyl (C=O) groups is 2. The number of hydrogen-bond acceptors (Lipinski definition) is 3. The number of nitrogens with one attached hydrogen (secondary N) is 1. The van der Waals surface area contributed by atoms with Crippen LogP contribution in [0, 0.1) is 11.8 Å². The Balaban J connectivity index is 1.91. The predicted octanol–water partition coefficient (Wildman–Crippen LogP) is 1.88. The Hall–Kier alpha value is -1.06. The molecule has 0 aromatic rings. The van der Waals surface area contributed by atoms with Crippen LogP contribution in [0.1, 0.15) is 40.0 Å². The lowest BCUT2D eigenvalue weighted by molar-refractivity contribution is -0.121. The molecule has 2 rings (SSSR count). The third kappa shape index (κ3) is 2.20. The van der Waals surface area contributed by atoms with E-state index in [-0.39, 0.29) is 12.0 Å². The lowest BCUT2D eigenvalue weighted by atomic mass is 10.00. The number of hydrogen-bond donors (Lipinski definition) is 1. The maximum Gasteiger partial charge on any atom is 0.407 e. The summed E-state index contributed by atoms with van der Waals surface area (Å²) in [7, 11) is 0. The Morgan fingerprint density at radius 1 is 1.38 bits per heavy atom. The fourth-order valence-corrected chi connectivity index (χ4v) is 2.74. The highest BCUT2D eigenvalue weighted by Crippen LogP contribution is 2.42. The van der Waals surface area contributed by atoms with Crippen molar-refractivity contribution in [1.82, 2.24) is 5.32 Å². The summed E-state index contributed by atoms with van der Waals surface area (Å²) >= 11 is 0. The number of alkyl carbamates (subject to hydrolysis) is 1. The number of ether oxygens (including phenoxy) is 1. The van der Waals surface area contributed by atoms with Gasteiger partial charge in [0.15, 0.2) is 0 Å². The van der Waals surface area contributed by atoms with Gasteiger partial charge >= 0.3 is 6.09 Å². The molecule has 1 amide bonds. The second-order valence-electron chi connectivity index (χ2n) is 5.79. The van der Waals surface area contributed by atoms with Crippen LogP contribution < -0.4 is 5.32 Å². The molecule has 0 spiro atoms. The third-order valence-electron chi connectivity index (χ3n) is 3.35. The average Bonchev–Trinajstić information content (AvgIpc) is 2.57. The molecule has 0 heterocycles. The van der Waals surface area contributed by atoms with E-state index in [0.29, 0.717) is 18.1 Å². The molecule has 2 fully saturated rings. The predicted molar refractivity (Wildman–Crippen MR) is 59.0 cm³/mol. The Bertz CT molecular complexity index is 319. The first-order chi connectivity index (χ1) is 7.37. The number of ketones is 1. The molecule has 0 aromatic carbocycles. The van der Waals surface area contributed by atoms with E-state index in [1.807, 2.05) is 20.8 Å². The smallest absolute Gasteiger partial charge is 0.407 e. The van der Waals surface area contributed by atoms with Gasteiger partial charge in [0, 0.05) is 18.4 Å². The quantitative estimate of drug-likeness (QED) is 0.741. The zero-order valence-corrected chi connectivity index (χ0v) is 10.1. The van der Waals surface area contributed by atoms with E-state index in [2.05, 4.69) is 5.32 Å². The van der Waals surface area contributed by atoms with Crippen LogP contribution in [0.3, 0.4) is 0 Å². The van der Waals surface area contributed by atoms with Gasteiger partial charge in [-0.15, -0.1) is 0 Å². The highest BCUT2D eigenvalue weighted by atomic mass is 16.6. The highest BCUT2D eigenvalue weighted by Gasteiger charge is 2.48. The topological polar surface area (TPSA) is 55.4 Å². The van der Waals surface area contributed by atoms with Crippen molar-refractivity contribution in [1.29, 1.82) is 0 Å². The molecule has 0 radical (unpaired) electrons. The molecule has 0 unspecified atom stereocenters. The maximum atomic E-state index is 11.6. The van der Waals surface area contributed by atoms with Gasteiger partial charge in [0.2, 0.25) is 0 Å². The largest absolute Gasteiger partial charge is 0.444 e. The van der Waals surface area contributed by atoms with Crippen molar-refractivity contribution in [2.24, 2.45) is 11.8 Å². The molecule has 4 nitrogen and oxygen atoms in total. The molecule has 4 heteroatoms. The normalized spacial score (nSPS) is 32.9. The second-order valence-corrected chi connectivity index (χ2v) is 5.79. The molecule has 3 atom stereocenters. The van der Waals surface area contributed by atoms with Crippen molar-refractivity contribution < 1.29 is 14.3 Å². The fraction of sp³-hybridized carbons (Fsp3) is 0.833. The standard InChI is InChI=1S/C12H19NO3/c1-12(2,3)16-11(15)13-10-7-4-5-8(10)9(14)6-7/h7-8,10H,4-6H2,1-3H3,(H,13,15)/t7-,8-,10+/m0/s1. The maximum absolute atomic E-state index is 11.6. The van der Waals surface area contributed by atoms with Crippen LogP contribution in [0.4, 0.5) is 4.79 Å². The number of Topliss-reactive ketones (excluding diaryl/α,β-unsaturated/α-hetero) is 1. The summed E-state index contributed by atoms with van der Waals surface area (Å²) in [5, 5.41) is 2.85. The summed E-state index contributed by atoms with van der Waals surface area (Å²) in [6, 6.07) is 0.0161. The minimum absolute atomic E-state index is 0.0161. The van der Waals surface area contributed by atoms with Gasteiger partial charge in [-0.3, -0.25) is 4.79 Å². The fourth-order valence-electron chi connectivity index (χ4n) is 2.74. The second kappa shape index (κ2) is 3.75. The van der Waals surface area contributed by atoms with Crippen molar-refractivity contribution in [2.75, 3.05) is 0 Å². The highest BCUT2D eigenvalue weighted by molar-refractivity contribution is 5.86. The van der Waals surface area contributed by atoms with Gasteiger partial charge in [-0.05, 0) is 39.5 Å². The van der Waals surface area contributed by atoms with Crippen LogP contribution in [0.25, 0.3) is 0 Å². The molecule has 16 heavy (non-hydrogen) atoms. The first-order valence-corrected chi connectivity index (χ1v) is 5.89. The molecule has 90 valence electrons. The molecule has 2 aliphatic rings. The molecule has 1 N–H and O–H groups in total. The zero-order valence-electron chi connectivity index (χ0n) is 10.1. The van der Waals surface area contributed by atoms with Crippen LogP contribution >= 0.6 is 0 Å². The van der Waals surface area contributed by atoms with E-state index in [9.17, 15) is 9.59 Å². The summed E-state index contributed by atoms with van der Waals surface area (Å²) < 4.78 is 5.20. The van der Waals surface area contributed by atoms with Crippen LogP contribution in [-0.2, 0) is 9.53 Å². The number of fused-ring (bicyclic) bond motifs is 2. The molecular formula is C12H19NO3. The lowest BCUT2D eigenvalue weighted by Gasteiger charge is -2.23. The van der Waals surface area contributed by atoms with Gasteiger partial charge < -0.3 is 10.1 Å². The van der Waals surface area contributed by atoms with Crippen LogP contribution in [0.15, 0.2) is 0 Å². The minimum atomic E-state index is -0.480. The summed E-state index contributed by atoms with van der Waals surface area (Å²) in [6.45, 7) is 5.50. The van der Waals surface area contributed by atoms with Crippen LogP contribution in [0.2, 0.25) is 0 Å². The molecule has 2 saturated carbocycles. The van der Waals surface area contributed by atoms with E-state index in [4.69, 9.17) is 4.74 Å². The molecule has 0 aliphatic heterocycles. The Morgan fingerprint density at radius 2 is 2.06 bits per heavy atom. The molecule has 0 saturated heterocycles. The van der Waals surface area contributed by atoms with Gasteiger partial charge in [0.05, 0.1) is 0 Å². The zero-order chi connectivity index (χ0) is 11.9. The van der Waals surface area contributed by atoms with Gasteiger partial charge in [-0.25, -0.2) is 4.79 Å². The van der Waals surface area contributed by atoms with Crippen LogP contribution in [-0.4, -0.2) is 23.5 Å². The first kappa shape index (κ1) is 11.4. The van der Waals surface area contributed by atoms with E-state index in [1.54, 1.807) is 0 Å². The summed E-state index contributed by atoms with van der Waals surface area (Å²) in [5.41, 5.74) is -0.480. The molecule has 0 aromatic heterocycles. The Kier molecular flexibility index (Phi) is 2.68. The summed E-state index contributed by atoms with van der Waals surface area (Å²) in [5.74, 6) is 0.680. The molecular weight excluding hydrogens is 206 g/mol. The van der Waals surface area contributed by atoms with Crippen LogP contribution in [0.5, 0.6) is 0 Å². The van der Waals surface area contributed by atoms with E-state index >= 15 is 0 Å². The average molecular weight is 225 g/mol. The first-order valence-electron chi connectivity index (χ1n) is 5.89. The Morgan fingerprint density at radius 3 is 2.50 bits per heavy atom. The van der Waals surface area contributed by atoms with E-state index in [0.717, 1.165) is 12.8 Å². The van der Waals surface area contributed by atoms with Gasteiger partial charge in [-0.2, -0.15) is 0 Å². The summed E-state index contributed by atoms with van der Waals surface area (Å²) in [4.78, 5) is 23.1.